The van der Waals surface area contributed by atoms with Gasteiger partial charge in [0.1, 0.15) is 11.8 Å². The van der Waals surface area contributed by atoms with Gasteiger partial charge in [-0.1, -0.05) is 49.2 Å². The minimum atomic E-state index is -3.95. The van der Waals surface area contributed by atoms with Crippen LogP contribution in [0.2, 0.25) is 0 Å². The van der Waals surface area contributed by atoms with E-state index in [1.54, 1.807) is 43.3 Å². The summed E-state index contributed by atoms with van der Waals surface area (Å²) < 4.78 is 34.8. The lowest BCUT2D eigenvalue weighted by Crippen LogP contribution is -2.50. The van der Waals surface area contributed by atoms with Gasteiger partial charge < -0.3 is 15.4 Å². The molecule has 0 aromatic heterocycles. The number of likely N-dealkylation sites (N-methyl/N-ethyl adjacent to an activating group) is 1. The SMILES string of the molecule is COc1ccc2cc(S(=O)(=O)N[C@@H](Cc3ccc(CN)cc3)C(=O)N(C)C3CCCC3)ccc2c1. The van der Waals surface area contributed by atoms with Crippen molar-refractivity contribution in [2.75, 3.05) is 14.2 Å². The number of nitrogens with zero attached hydrogens (tertiary/aromatic N) is 1. The van der Waals surface area contributed by atoms with Crippen molar-refractivity contribution in [1.29, 1.82) is 0 Å². The van der Waals surface area contributed by atoms with Gasteiger partial charge in [-0.15, -0.1) is 0 Å². The van der Waals surface area contributed by atoms with Crippen molar-refractivity contribution in [2.45, 2.75) is 55.6 Å². The first-order valence-electron chi connectivity index (χ1n) is 12.0. The van der Waals surface area contributed by atoms with E-state index in [0.717, 1.165) is 47.6 Å². The molecule has 0 bridgehead atoms. The van der Waals surface area contributed by atoms with E-state index in [2.05, 4.69) is 4.72 Å². The van der Waals surface area contributed by atoms with E-state index < -0.39 is 16.1 Å². The zero-order valence-corrected chi connectivity index (χ0v) is 21.1. The van der Waals surface area contributed by atoms with E-state index in [-0.39, 0.29) is 23.3 Å². The highest BCUT2D eigenvalue weighted by atomic mass is 32.2. The molecule has 1 aliphatic carbocycles. The molecule has 4 rings (SSSR count). The summed E-state index contributed by atoms with van der Waals surface area (Å²) in [7, 11) is -0.582. The lowest BCUT2D eigenvalue weighted by atomic mass is 10.0. The first kappa shape index (κ1) is 25.2. The number of nitrogens with two attached hydrogens (primary N) is 1. The molecule has 3 N–H and O–H groups in total. The van der Waals surface area contributed by atoms with Crippen LogP contribution in [0.15, 0.2) is 65.6 Å². The minimum absolute atomic E-state index is 0.120. The fraction of sp³-hybridized carbons (Fsp3) is 0.370. The fourth-order valence-electron chi connectivity index (χ4n) is 4.70. The molecule has 0 heterocycles. The molecule has 1 fully saturated rings. The Morgan fingerprint density at radius 2 is 1.66 bits per heavy atom. The van der Waals surface area contributed by atoms with Crippen LogP contribution in [0.5, 0.6) is 5.75 Å². The Morgan fingerprint density at radius 3 is 2.31 bits per heavy atom. The van der Waals surface area contributed by atoms with Gasteiger partial charge in [-0.3, -0.25) is 4.79 Å². The quantitative estimate of drug-likeness (QED) is 0.472. The lowest BCUT2D eigenvalue weighted by molar-refractivity contribution is -0.133. The first-order valence-corrected chi connectivity index (χ1v) is 13.4. The molecule has 0 saturated heterocycles. The number of amides is 1. The molecule has 186 valence electrons. The van der Waals surface area contributed by atoms with Crippen LogP contribution in [0.1, 0.15) is 36.8 Å². The van der Waals surface area contributed by atoms with Gasteiger partial charge in [-0.25, -0.2) is 8.42 Å². The first-order chi connectivity index (χ1) is 16.8. The summed E-state index contributed by atoms with van der Waals surface area (Å²) in [4.78, 5) is 15.4. The van der Waals surface area contributed by atoms with Crippen molar-refractivity contribution in [1.82, 2.24) is 9.62 Å². The maximum absolute atomic E-state index is 13.5. The van der Waals surface area contributed by atoms with Crippen molar-refractivity contribution in [3.8, 4) is 5.75 Å². The second kappa shape index (κ2) is 10.8. The molecule has 1 aliphatic rings. The molecule has 0 radical (unpaired) electrons. The van der Waals surface area contributed by atoms with Crippen LogP contribution in [-0.4, -0.2) is 45.5 Å². The second-order valence-electron chi connectivity index (χ2n) is 9.16. The topological polar surface area (TPSA) is 102 Å². The average Bonchev–Trinajstić information content (AvgIpc) is 3.42. The number of carbonyl (C=O) groups is 1. The Bertz CT molecular complexity index is 1290. The van der Waals surface area contributed by atoms with Crippen molar-refractivity contribution in [3.05, 3.63) is 71.8 Å². The molecule has 3 aromatic rings. The van der Waals surface area contributed by atoms with Gasteiger partial charge in [0, 0.05) is 19.6 Å². The fourth-order valence-corrected chi connectivity index (χ4v) is 5.92. The number of fused-ring (bicyclic) bond motifs is 1. The molecule has 8 heteroatoms. The molecular weight excluding hydrogens is 462 g/mol. The highest BCUT2D eigenvalue weighted by molar-refractivity contribution is 7.89. The third kappa shape index (κ3) is 5.83. The molecule has 1 amide bonds. The molecule has 0 unspecified atom stereocenters. The number of hydrogen-bond donors (Lipinski definition) is 2. The molecule has 1 saturated carbocycles. The number of methoxy groups -OCH3 is 1. The maximum atomic E-state index is 13.5. The van der Waals surface area contributed by atoms with E-state index in [9.17, 15) is 13.2 Å². The molecule has 1 atom stereocenters. The normalized spacial score (nSPS) is 15.3. The number of benzene rings is 3. The van der Waals surface area contributed by atoms with Gasteiger partial charge in [-0.05, 0) is 65.4 Å². The van der Waals surface area contributed by atoms with E-state index in [1.165, 1.54) is 0 Å². The van der Waals surface area contributed by atoms with Gasteiger partial charge in [0.05, 0.1) is 12.0 Å². The summed E-state index contributed by atoms with van der Waals surface area (Å²) in [5, 5.41) is 1.65. The summed E-state index contributed by atoms with van der Waals surface area (Å²) in [6.07, 6.45) is 4.31. The highest BCUT2D eigenvalue weighted by Crippen LogP contribution is 2.26. The van der Waals surface area contributed by atoms with Gasteiger partial charge in [0.15, 0.2) is 0 Å². The Labute approximate surface area is 207 Å². The monoisotopic (exact) mass is 495 g/mol. The molecule has 0 aliphatic heterocycles. The van der Waals surface area contributed by atoms with E-state index in [4.69, 9.17) is 10.5 Å². The Balaban J connectivity index is 1.62. The van der Waals surface area contributed by atoms with Crippen LogP contribution < -0.4 is 15.2 Å². The Hall–Kier alpha value is -2.94. The third-order valence-corrected chi connectivity index (χ3v) is 8.31. The highest BCUT2D eigenvalue weighted by Gasteiger charge is 2.32. The summed E-state index contributed by atoms with van der Waals surface area (Å²) in [6, 6.07) is 17.2. The Morgan fingerprint density at radius 1 is 1.03 bits per heavy atom. The van der Waals surface area contributed by atoms with Crippen LogP contribution in [0.3, 0.4) is 0 Å². The number of carbonyl (C=O) groups excluding carboxylic acids is 1. The predicted molar refractivity (Wildman–Crippen MR) is 138 cm³/mol. The van der Waals surface area contributed by atoms with Crippen LogP contribution in [-0.2, 0) is 27.8 Å². The van der Waals surface area contributed by atoms with Crippen molar-refractivity contribution >= 4 is 26.7 Å². The number of sulfonamides is 1. The molecule has 7 nitrogen and oxygen atoms in total. The lowest BCUT2D eigenvalue weighted by Gasteiger charge is -2.29. The molecule has 0 spiro atoms. The zero-order valence-electron chi connectivity index (χ0n) is 20.2. The van der Waals surface area contributed by atoms with Crippen LogP contribution in [0.4, 0.5) is 0 Å². The standard InChI is InChI=1S/C27H33N3O4S/c1-30(23-5-3-4-6-23)27(31)26(15-19-7-9-20(18-28)10-8-19)29-35(32,33)25-14-12-21-16-24(34-2)13-11-22(21)17-25/h7-14,16-17,23,26,29H,3-6,15,18,28H2,1-2H3/t26-/m0/s1. The van der Waals surface area contributed by atoms with E-state index in [0.29, 0.717) is 12.3 Å². The van der Waals surface area contributed by atoms with Crippen molar-refractivity contribution in [2.24, 2.45) is 5.73 Å². The maximum Gasteiger partial charge on any atom is 0.241 e. The molecule has 3 aromatic carbocycles. The van der Waals surface area contributed by atoms with Gasteiger partial charge >= 0.3 is 0 Å². The smallest absolute Gasteiger partial charge is 0.241 e. The third-order valence-electron chi connectivity index (χ3n) is 6.84. The minimum Gasteiger partial charge on any atom is -0.497 e. The van der Waals surface area contributed by atoms with Gasteiger partial charge in [-0.2, -0.15) is 4.72 Å². The number of nitrogens with one attached hydrogen (secondary N) is 1. The van der Waals surface area contributed by atoms with E-state index in [1.807, 2.05) is 36.4 Å². The van der Waals surface area contributed by atoms with Crippen LogP contribution >= 0.6 is 0 Å². The van der Waals surface area contributed by atoms with E-state index >= 15 is 0 Å². The number of hydrogen-bond acceptors (Lipinski definition) is 5. The summed E-state index contributed by atoms with van der Waals surface area (Å²) in [6.45, 7) is 0.424. The predicted octanol–water partition coefficient (Wildman–Crippen LogP) is 3.60. The van der Waals surface area contributed by atoms with Crippen LogP contribution in [0.25, 0.3) is 10.8 Å². The summed E-state index contributed by atoms with van der Waals surface area (Å²) in [5.74, 6) is 0.487. The van der Waals surface area contributed by atoms with Crippen molar-refractivity contribution < 1.29 is 17.9 Å². The Kier molecular flexibility index (Phi) is 7.74. The van der Waals surface area contributed by atoms with Crippen LogP contribution in [0, 0.1) is 0 Å². The summed E-state index contributed by atoms with van der Waals surface area (Å²) >= 11 is 0. The number of ether oxygens (including phenoxy) is 1. The van der Waals surface area contributed by atoms with Gasteiger partial charge in [0.25, 0.3) is 0 Å². The number of rotatable bonds is 9. The molecule has 35 heavy (non-hydrogen) atoms. The second-order valence-corrected chi connectivity index (χ2v) is 10.9. The van der Waals surface area contributed by atoms with Gasteiger partial charge in [0.2, 0.25) is 15.9 Å². The summed E-state index contributed by atoms with van der Waals surface area (Å²) in [5.41, 5.74) is 7.55. The average molecular weight is 496 g/mol. The largest absolute Gasteiger partial charge is 0.497 e. The zero-order chi connectivity index (χ0) is 25.0. The van der Waals surface area contributed by atoms with Crippen molar-refractivity contribution in [3.63, 3.8) is 0 Å². The molecular formula is C27H33N3O4S.